The van der Waals surface area contributed by atoms with Crippen molar-refractivity contribution in [3.05, 3.63) is 0 Å². The van der Waals surface area contributed by atoms with Gasteiger partial charge in [0.1, 0.15) is 0 Å². The first-order valence-electron chi connectivity index (χ1n) is 3.89. The molecule has 2 unspecified atom stereocenters. The van der Waals surface area contributed by atoms with Gasteiger partial charge in [-0.15, -0.1) is 0 Å². The van der Waals surface area contributed by atoms with Crippen molar-refractivity contribution < 1.29 is 19.7 Å². The van der Waals surface area contributed by atoms with E-state index < -0.39 is 6.10 Å². The Balaban J connectivity index is 0. The number of epoxide rings is 1. The number of hydrogen-bond acceptors (Lipinski definition) is 4. The summed E-state index contributed by atoms with van der Waals surface area (Å²) >= 11 is 0. The molecule has 1 fully saturated rings. The lowest BCUT2D eigenvalue weighted by Crippen LogP contribution is -2.03. The molecule has 1 rings (SSSR count). The molecule has 0 spiro atoms. The highest BCUT2D eigenvalue weighted by atomic mass is 16.6. The normalized spacial score (nSPS) is 21.0. The van der Waals surface area contributed by atoms with E-state index in [9.17, 15) is 0 Å². The van der Waals surface area contributed by atoms with Crippen molar-refractivity contribution in [2.24, 2.45) is 0 Å². The molecule has 0 bridgehead atoms. The Morgan fingerprint density at radius 1 is 1.58 bits per heavy atom. The van der Waals surface area contributed by atoms with E-state index in [1.165, 1.54) is 6.92 Å². The van der Waals surface area contributed by atoms with Crippen molar-refractivity contribution in [2.45, 2.75) is 26.1 Å². The first-order chi connectivity index (χ1) is 5.58. The Hall–Kier alpha value is -0.160. The smallest absolute Gasteiger partial charge is 0.0781 e. The molecule has 2 N–H and O–H groups in total. The fraction of sp³-hybridized carbons (Fsp3) is 1.00. The van der Waals surface area contributed by atoms with Gasteiger partial charge in [-0.3, -0.25) is 0 Å². The third kappa shape index (κ3) is 32.8. The zero-order valence-corrected chi connectivity index (χ0v) is 8.28. The van der Waals surface area contributed by atoms with Gasteiger partial charge in [-0.2, -0.15) is 0 Å². The summed E-state index contributed by atoms with van der Waals surface area (Å²) in [6, 6.07) is 0. The maximum Gasteiger partial charge on any atom is 0.0781 e. The van der Waals surface area contributed by atoms with Crippen LogP contribution in [0.2, 0.25) is 0 Å². The van der Waals surface area contributed by atoms with E-state index in [0.717, 1.165) is 6.61 Å². The molecule has 0 aliphatic carbocycles. The van der Waals surface area contributed by atoms with Crippen LogP contribution in [0.15, 0.2) is 0 Å². The first-order valence-corrected chi connectivity index (χ1v) is 3.89. The summed E-state index contributed by atoms with van der Waals surface area (Å²) in [5.41, 5.74) is 0. The summed E-state index contributed by atoms with van der Waals surface area (Å²) in [6.45, 7) is 4.43. The van der Waals surface area contributed by atoms with Crippen LogP contribution >= 0.6 is 0 Å². The molecule has 0 amide bonds. The highest BCUT2D eigenvalue weighted by molar-refractivity contribution is 4.58. The van der Waals surface area contributed by atoms with Crippen molar-refractivity contribution >= 4 is 0 Å². The van der Waals surface area contributed by atoms with E-state index in [1.807, 2.05) is 0 Å². The lowest BCUT2D eigenvalue weighted by Gasteiger charge is -1.90. The molecule has 1 aliphatic heterocycles. The zero-order valence-electron chi connectivity index (χ0n) is 8.28. The summed E-state index contributed by atoms with van der Waals surface area (Å²) < 4.78 is 8.96. The third-order valence-electron chi connectivity index (χ3n) is 0.764. The van der Waals surface area contributed by atoms with Crippen molar-refractivity contribution in [3.8, 4) is 0 Å². The highest BCUT2D eigenvalue weighted by Crippen LogP contribution is 2.04. The fourth-order valence-corrected chi connectivity index (χ4v) is 0.0962. The molecule has 76 valence electrons. The average molecular weight is 180 g/mol. The molecule has 0 aromatic carbocycles. The Morgan fingerprint density at radius 2 is 1.75 bits per heavy atom. The van der Waals surface area contributed by atoms with Crippen LogP contribution in [0.25, 0.3) is 0 Å². The van der Waals surface area contributed by atoms with Gasteiger partial charge >= 0.3 is 0 Å². The molecule has 1 saturated heterocycles. The second-order valence-corrected chi connectivity index (χ2v) is 2.58. The minimum absolute atomic E-state index is 0.139. The van der Waals surface area contributed by atoms with Gasteiger partial charge in [0, 0.05) is 14.2 Å². The van der Waals surface area contributed by atoms with Crippen molar-refractivity contribution in [1.82, 2.24) is 0 Å². The standard InChI is InChI=1S/C3H8O2.C3H6O.C2H6O/c1-3(5)2-4;1-3-2-4-3;1-3-2/h3-5H,2H2,1H3;3H,2H2,1H3;1-2H3. The van der Waals surface area contributed by atoms with Gasteiger partial charge in [0.25, 0.3) is 0 Å². The number of ether oxygens (including phenoxy) is 2. The molecule has 0 radical (unpaired) electrons. The minimum atomic E-state index is -0.560. The van der Waals surface area contributed by atoms with Crippen LogP contribution in [-0.4, -0.2) is 49.9 Å². The van der Waals surface area contributed by atoms with Gasteiger partial charge in [-0.05, 0) is 13.8 Å². The van der Waals surface area contributed by atoms with Crippen LogP contribution < -0.4 is 0 Å². The number of hydrogen-bond donors (Lipinski definition) is 2. The molecule has 0 saturated carbocycles. The van der Waals surface area contributed by atoms with Crippen molar-refractivity contribution in [2.75, 3.05) is 27.4 Å². The molecule has 0 aromatic heterocycles. The molecule has 1 aliphatic rings. The van der Waals surface area contributed by atoms with E-state index in [4.69, 9.17) is 14.9 Å². The van der Waals surface area contributed by atoms with Crippen LogP contribution in [0.3, 0.4) is 0 Å². The van der Waals surface area contributed by atoms with Crippen LogP contribution in [-0.2, 0) is 9.47 Å². The molecular formula is C8H20O4. The van der Waals surface area contributed by atoms with Crippen LogP contribution in [0.4, 0.5) is 0 Å². The van der Waals surface area contributed by atoms with Gasteiger partial charge < -0.3 is 19.7 Å². The molecule has 4 nitrogen and oxygen atoms in total. The van der Waals surface area contributed by atoms with Crippen LogP contribution in [0.1, 0.15) is 13.8 Å². The van der Waals surface area contributed by atoms with Crippen molar-refractivity contribution in [1.29, 1.82) is 0 Å². The lowest BCUT2D eigenvalue weighted by atomic mass is 10.5. The van der Waals surface area contributed by atoms with Crippen molar-refractivity contribution in [3.63, 3.8) is 0 Å². The number of methoxy groups -OCH3 is 1. The van der Waals surface area contributed by atoms with E-state index in [2.05, 4.69) is 11.7 Å². The zero-order chi connectivity index (χ0) is 9.98. The first kappa shape index (κ1) is 14.4. The SMILES string of the molecule is CC(O)CO.CC1CO1.COC. The Labute approximate surface area is 74.1 Å². The maximum atomic E-state index is 8.11. The van der Waals surface area contributed by atoms with E-state index in [-0.39, 0.29) is 6.61 Å². The quantitative estimate of drug-likeness (QED) is 0.559. The second-order valence-electron chi connectivity index (χ2n) is 2.58. The summed E-state index contributed by atoms with van der Waals surface area (Å²) in [5, 5.41) is 16.0. The Morgan fingerprint density at radius 3 is 1.75 bits per heavy atom. The number of aliphatic hydroxyl groups excluding tert-OH is 2. The molecular weight excluding hydrogens is 160 g/mol. The van der Waals surface area contributed by atoms with Gasteiger partial charge in [0.15, 0.2) is 0 Å². The minimum Gasteiger partial charge on any atom is -0.394 e. The Kier molecular flexibility index (Phi) is 13.0. The summed E-state index contributed by atoms with van der Waals surface area (Å²) in [7, 11) is 3.25. The van der Waals surface area contributed by atoms with Gasteiger partial charge in [0.05, 0.1) is 25.4 Å². The predicted molar refractivity (Wildman–Crippen MR) is 47.1 cm³/mol. The molecule has 0 aromatic rings. The van der Waals surface area contributed by atoms with Crippen LogP contribution in [0.5, 0.6) is 0 Å². The van der Waals surface area contributed by atoms with Gasteiger partial charge in [0.2, 0.25) is 0 Å². The molecule has 2 atom stereocenters. The van der Waals surface area contributed by atoms with Gasteiger partial charge in [-0.1, -0.05) is 0 Å². The van der Waals surface area contributed by atoms with E-state index >= 15 is 0 Å². The largest absolute Gasteiger partial charge is 0.394 e. The maximum absolute atomic E-state index is 8.11. The topological polar surface area (TPSA) is 62.2 Å². The molecule has 4 heteroatoms. The average Bonchev–Trinajstić information content (AvgIpc) is 2.75. The third-order valence-corrected chi connectivity index (χ3v) is 0.764. The summed E-state index contributed by atoms with van der Waals surface area (Å²) in [4.78, 5) is 0. The Bertz CT molecular complexity index is 71.5. The number of aliphatic hydroxyl groups is 2. The van der Waals surface area contributed by atoms with E-state index in [1.54, 1.807) is 14.2 Å². The molecule has 1 heterocycles. The predicted octanol–water partition coefficient (Wildman–Crippen LogP) is 0.0272. The summed E-state index contributed by atoms with van der Waals surface area (Å²) in [5.74, 6) is 0. The second kappa shape index (κ2) is 10.8. The lowest BCUT2D eigenvalue weighted by molar-refractivity contribution is 0.110. The highest BCUT2D eigenvalue weighted by Gasteiger charge is 2.13. The van der Waals surface area contributed by atoms with Crippen LogP contribution in [0, 0.1) is 0 Å². The fourth-order valence-electron chi connectivity index (χ4n) is 0.0962. The number of rotatable bonds is 1. The summed E-state index contributed by atoms with van der Waals surface area (Å²) in [6.07, 6.45) is 0.0231. The monoisotopic (exact) mass is 180 g/mol. The molecule has 12 heavy (non-hydrogen) atoms. The van der Waals surface area contributed by atoms with E-state index in [0.29, 0.717) is 6.10 Å². The van der Waals surface area contributed by atoms with Gasteiger partial charge in [-0.25, -0.2) is 0 Å².